The SMILES string of the molecule is Cc1ccnc(Cl)c1NC1CC(OCC(C)C)C1(C)C. The van der Waals surface area contributed by atoms with Crippen molar-refractivity contribution in [3.05, 3.63) is 23.0 Å². The van der Waals surface area contributed by atoms with Gasteiger partial charge in [0.1, 0.15) is 0 Å². The van der Waals surface area contributed by atoms with Crippen molar-refractivity contribution in [3.8, 4) is 0 Å². The Kier molecular flexibility index (Phi) is 4.60. The predicted octanol–water partition coefficient (Wildman–Crippen LogP) is 4.30. The fourth-order valence-corrected chi connectivity index (χ4v) is 2.85. The van der Waals surface area contributed by atoms with E-state index < -0.39 is 0 Å². The first kappa shape index (κ1) is 15.6. The zero-order chi connectivity index (χ0) is 14.9. The number of rotatable bonds is 5. The second-order valence-electron chi connectivity index (χ2n) is 6.76. The first-order valence-electron chi connectivity index (χ1n) is 7.31. The van der Waals surface area contributed by atoms with Crippen LogP contribution < -0.4 is 5.32 Å². The Morgan fingerprint density at radius 1 is 1.50 bits per heavy atom. The fraction of sp³-hybridized carbons (Fsp3) is 0.688. The second kappa shape index (κ2) is 5.90. The van der Waals surface area contributed by atoms with E-state index in [0.717, 1.165) is 24.3 Å². The lowest BCUT2D eigenvalue weighted by atomic mass is 9.64. The molecule has 0 aromatic carbocycles. The van der Waals surface area contributed by atoms with E-state index >= 15 is 0 Å². The zero-order valence-electron chi connectivity index (χ0n) is 13.0. The number of aryl methyl sites for hydroxylation is 1. The summed E-state index contributed by atoms with van der Waals surface area (Å²) in [4.78, 5) is 4.15. The van der Waals surface area contributed by atoms with Gasteiger partial charge in [0.05, 0.1) is 11.8 Å². The highest BCUT2D eigenvalue weighted by Gasteiger charge is 2.49. The van der Waals surface area contributed by atoms with Crippen LogP contribution in [0.4, 0.5) is 5.69 Å². The number of ether oxygens (including phenoxy) is 1. The van der Waals surface area contributed by atoms with Crippen molar-refractivity contribution in [1.82, 2.24) is 4.98 Å². The van der Waals surface area contributed by atoms with Gasteiger partial charge in [-0.2, -0.15) is 0 Å². The Balaban J connectivity index is 1.99. The molecule has 3 nitrogen and oxygen atoms in total. The average molecular weight is 297 g/mol. The fourth-order valence-electron chi connectivity index (χ4n) is 2.59. The van der Waals surface area contributed by atoms with Gasteiger partial charge in [0.2, 0.25) is 0 Å². The van der Waals surface area contributed by atoms with Gasteiger partial charge in [-0.1, -0.05) is 39.3 Å². The summed E-state index contributed by atoms with van der Waals surface area (Å²) in [5.74, 6) is 0.577. The van der Waals surface area contributed by atoms with E-state index in [9.17, 15) is 0 Å². The number of halogens is 1. The number of hydrogen-bond acceptors (Lipinski definition) is 3. The molecule has 1 fully saturated rings. The number of nitrogens with one attached hydrogen (secondary N) is 1. The molecule has 2 atom stereocenters. The van der Waals surface area contributed by atoms with Gasteiger partial charge in [-0.15, -0.1) is 0 Å². The number of anilines is 1. The first-order valence-corrected chi connectivity index (χ1v) is 7.69. The third-order valence-corrected chi connectivity index (χ3v) is 4.53. The van der Waals surface area contributed by atoms with Crippen LogP contribution in [0.5, 0.6) is 0 Å². The van der Waals surface area contributed by atoms with Crippen LogP contribution in [-0.2, 0) is 4.74 Å². The van der Waals surface area contributed by atoms with E-state index in [0.29, 0.717) is 23.2 Å². The van der Waals surface area contributed by atoms with Gasteiger partial charge in [-0.25, -0.2) is 4.98 Å². The summed E-state index contributed by atoms with van der Waals surface area (Å²) >= 11 is 6.18. The monoisotopic (exact) mass is 296 g/mol. The number of nitrogens with zero attached hydrogens (tertiary/aromatic N) is 1. The molecule has 0 saturated heterocycles. The summed E-state index contributed by atoms with van der Waals surface area (Å²) in [6.45, 7) is 11.7. The first-order chi connectivity index (χ1) is 9.32. The smallest absolute Gasteiger partial charge is 0.152 e. The maximum absolute atomic E-state index is 6.18. The molecule has 1 N–H and O–H groups in total. The van der Waals surface area contributed by atoms with E-state index in [1.807, 2.05) is 13.0 Å². The van der Waals surface area contributed by atoms with Gasteiger partial charge in [0, 0.05) is 24.3 Å². The van der Waals surface area contributed by atoms with Crippen LogP contribution in [0.25, 0.3) is 0 Å². The number of hydrogen-bond donors (Lipinski definition) is 1. The number of aromatic nitrogens is 1. The molecule has 112 valence electrons. The van der Waals surface area contributed by atoms with Crippen molar-refractivity contribution in [2.24, 2.45) is 11.3 Å². The maximum Gasteiger partial charge on any atom is 0.152 e. The highest BCUT2D eigenvalue weighted by Crippen LogP contribution is 2.45. The van der Waals surface area contributed by atoms with Crippen LogP contribution in [0, 0.1) is 18.3 Å². The Labute approximate surface area is 127 Å². The Morgan fingerprint density at radius 3 is 2.75 bits per heavy atom. The molecule has 1 aromatic heterocycles. The molecule has 0 aliphatic heterocycles. The molecule has 0 spiro atoms. The summed E-state index contributed by atoms with van der Waals surface area (Å²) in [5, 5.41) is 4.10. The average Bonchev–Trinajstić information content (AvgIpc) is 2.35. The molecule has 2 unspecified atom stereocenters. The zero-order valence-corrected chi connectivity index (χ0v) is 13.8. The third kappa shape index (κ3) is 3.09. The summed E-state index contributed by atoms with van der Waals surface area (Å²) in [7, 11) is 0. The largest absolute Gasteiger partial charge is 0.379 e. The van der Waals surface area contributed by atoms with Gasteiger partial charge >= 0.3 is 0 Å². The van der Waals surface area contributed by atoms with Crippen molar-refractivity contribution in [1.29, 1.82) is 0 Å². The molecule has 0 amide bonds. The van der Waals surface area contributed by atoms with Crippen LogP contribution in [0.1, 0.15) is 39.7 Å². The predicted molar refractivity (Wildman–Crippen MR) is 84.4 cm³/mol. The molecule has 0 bridgehead atoms. The normalized spacial score (nSPS) is 24.6. The lowest BCUT2D eigenvalue weighted by Gasteiger charge is -2.52. The maximum atomic E-state index is 6.18. The summed E-state index contributed by atoms with van der Waals surface area (Å²) in [6, 6.07) is 2.35. The Morgan fingerprint density at radius 2 is 2.20 bits per heavy atom. The third-order valence-electron chi connectivity index (χ3n) is 4.24. The molecular formula is C16H25ClN2O. The van der Waals surface area contributed by atoms with E-state index in [1.54, 1.807) is 6.20 Å². The molecule has 2 rings (SSSR count). The van der Waals surface area contributed by atoms with Gasteiger partial charge in [-0.05, 0) is 30.9 Å². The van der Waals surface area contributed by atoms with Crippen molar-refractivity contribution >= 4 is 17.3 Å². The topological polar surface area (TPSA) is 34.2 Å². The number of pyridine rings is 1. The van der Waals surface area contributed by atoms with E-state index in [-0.39, 0.29) is 5.41 Å². The minimum absolute atomic E-state index is 0.112. The van der Waals surface area contributed by atoms with Crippen molar-refractivity contribution in [2.75, 3.05) is 11.9 Å². The molecule has 1 aliphatic rings. The van der Waals surface area contributed by atoms with Crippen LogP contribution >= 0.6 is 11.6 Å². The van der Waals surface area contributed by atoms with E-state index in [4.69, 9.17) is 16.3 Å². The van der Waals surface area contributed by atoms with E-state index in [2.05, 4.69) is 38.0 Å². The van der Waals surface area contributed by atoms with Gasteiger partial charge in [0.15, 0.2) is 5.15 Å². The molecular weight excluding hydrogens is 272 g/mol. The minimum Gasteiger partial charge on any atom is -0.379 e. The molecule has 1 heterocycles. The van der Waals surface area contributed by atoms with Gasteiger partial charge in [0.25, 0.3) is 0 Å². The van der Waals surface area contributed by atoms with Crippen molar-refractivity contribution < 1.29 is 4.74 Å². The molecule has 0 radical (unpaired) electrons. The van der Waals surface area contributed by atoms with Gasteiger partial charge in [-0.3, -0.25) is 0 Å². The molecule has 1 aromatic rings. The second-order valence-corrected chi connectivity index (χ2v) is 7.12. The van der Waals surface area contributed by atoms with E-state index in [1.165, 1.54) is 0 Å². The molecule has 20 heavy (non-hydrogen) atoms. The molecule has 1 aliphatic carbocycles. The summed E-state index contributed by atoms with van der Waals surface area (Å²) in [6.07, 6.45) is 3.08. The highest BCUT2D eigenvalue weighted by molar-refractivity contribution is 6.32. The van der Waals surface area contributed by atoms with Crippen LogP contribution in [0.2, 0.25) is 5.15 Å². The lowest BCUT2D eigenvalue weighted by molar-refractivity contribution is -0.108. The quantitative estimate of drug-likeness (QED) is 0.823. The van der Waals surface area contributed by atoms with Crippen molar-refractivity contribution in [3.63, 3.8) is 0 Å². The summed E-state index contributed by atoms with van der Waals surface area (Å²) in [5.41, 5.74) is 2.20. The van der Waals surface area contributed by atoms with Crippen LogP contribution in [0.15, 0.2) is 12.3 Å². The lowest BCUT2D eigenvalue weighted by Crippen LogP contribution is -2.58. The molecule has 1 saturated carbocycles. The minimum atomic E-state index is 0.112. The van der Waals surface area contributed by atoms with Gasteiger partial charge < -0.3 is 10.1 Å². The van der Waals surface area contributed by atoms with Crippen LogP contribution in [0.3, 0.4) is 0 Å². The Bertz CT molecular complexity index is 453. The molecule has 4 heteroatoms. The standard InChI is InChI=1S/C16H25ClN2O/c1-10(2)9-20-13-8-12(16(13,4)5)19-14-11(3)6-7-18-15(14)17/h6-7,10,12-13,19H,8-9H2,1-5H3. The highest BCUT2D eigenvalue weighted by atomic mass is 35.5. The van der Waals surface area contributed by atoms with Crippen LogP contribution in [-0.4, -0.2) is 23.7 Å². The van der Waals surface area contributed by atoms with Crippen molar-refractivity contribution in [2.45, 2.75) is 53.2 Å². The Hall–Kier alpha value is -0.800. The summed E-state index contributed by atoms with van der Waals surface area (Å²) < 4.78 is 5.99.